The molecule has 7 aromatic carbocycles. The molecule has 0 aliphatic heterocycles. The van der Waals surface area contributed by atoms with E-state index in [1.54, 1.807) is 0 Å². The molecule has 0 atom stereocenters. The first-order valence-electron chi connectivity index (χ1n) is 16.9. The van der Waals surface area contributed by atoms with Crippen LogP contribution in [0, 0.1) is 0 Å². The molecule has 3 heteroatoms. The predicted octanol–water partition coefficient (Wildman–Crippen LogP) is 12.2. The third-order valence-electron chi connectivity index (χ3n) is 9.26. The van der Waals surface area contributed by atoms with Crippen LogP contribution in [0.15, 0.2) is 188 Å². The Labute approximate surface area is 291 Å². The van der Waals surface area contributed by atoms with E-state index >= 15 is 0 Å². The quantitative estimate of drug-likeness (QED) is 0.170. The molecule has 0 spiro atoms. The minimum atomic E-state index is 0.681. The Morgan fingerprint density at radius 1 is 0.300 bits per heavy atom. The zero-order chi connectivity index (χ0) is 33.3. The first-order chi connectivity index (χ1) is 24.8. The first kappa shape index (κ1) is 29.4. The van der Waals surface area contributed by atoms with E-state index in [-0.39, 0.29) is 0 Å². The van der Waals surface area contributed by atoms with Crippen LogP contribution in [0.3, 0.4) is 0 Å². The number of benzene rings is 7. The highest BCUT2D eigenvalue weighted by molar-refractivity contribution is 6.14. The summed E-state index contributed by atoms with van der Waals surface area (Å²) in [7, 11) is 0. The zero-order valence-electron chi connectivity index (χ0n) is 27.2. The van der Waals surface area contributed by atoms with E-state index in [2.05, 4.69) is 170 Å². The van der Waals surface area contributed by atoms with Gasteiger partial charge < -0.3 is 0 Å². The molecule has 2 heterocycles. The Balaban J connectivity index is 1.26. The van der Waals surface area contributed by atoms with Gasteiger partial charge in [-0.05, 0) is 63.4 Å². The number of hydrogen-bond donors (Lipinski definition) is 0. The first-order valence-corrected chi connectivity index (χ1v) is 16.9. The lowest BCUT2D eigenvalue weighted by Gasteiger charge is -2.14. The van der Waals surface area contributed by atoms with Crippen molar-refractivity contribution in [3.05, 3.63) is 188 Å². The molecule has 2 aromatic heterocycles. The largest absolute Gasteiger partial charge is 0.248 e. The molecule has 3 nitrogen and oxygen atoms in total. The highest BCUT2D eigenvalue weighted by Crippen LogP contribution is 2.38. The maximum absolute atomic E-state index is 5.23. The fourth-order valence-corrected chi connectivity index (χ4v) is 6.77. The van der Waals surface area contributed by atoms with E-state index in [9.17, 15) is 0 Å². The van der Waals surface area contributed by atoms with Crippen molar-refractivity contribution in [2.24, 2.45) is 0 Å². The second-order valence-corrected chi connectivity index (χ2v) is 12.5. The Morgan fingerprint density at radius 3 is 1.48 bits per heavy atom. The van der Waals surface area contributed by atoms with Gasteiger partial charge in [-0.2, -0.15) is 0 Å². The maximum Gasteiger partial charge on any atom is 0.160 e. The molecule has 0 radical (unpaired) electrons. The molecule has 0 bridgehead atoms. The normalized spacial score (nSPS) is 11.2. The summed E-state index contributed by atoms with van der Waals surface area (Å²) in [6, 6.07) is 65.6. The van der Waals surface area contributed by atoms with E-state index < -0.39 is 0 Å². The second kappa shape index (κ2) is 12.7. The molecular formula is C47H31N3. The highest BCUT2D eigenvalue weighted by atomic mass is 14.9. The van der Waals surface area contributed by atoms with Crippen molar-refractivity contribution < 1.29 is 0 Å². The van der Waals surface area contributed by atoms with Gasteiger partial charge in [-0.15, -0.1) is 0 Å². The fraction of sp³-hybridized carbons (Fsp3) is 0. The molecule has 234 valence electrons. The molecule has 0 saturated heterocycles. The van der Waals surface area contributed by atoms with Crippen molar-refractivity contribution in [1.82, 2.24) is 15.0 Å². The highest BCUT2D eigenvalue weighted by Gasteiger charge is 2.16. The van der Waals surface area contributed by atoms with Gasteiger partial charge >= 0.3 is 0 Å². The Kier molecular flexibility index (Phi) is 7.49. The van der Waals surface area contributed by atoms with Gasteiger partial charge in [0.2, 0.25) is 0 Å². The summed E-state index contributed by atoms with van der Waals surface area (Å²) in [5, 5.41) is 3.38. The molecule has 9 rings (SSSR count). The molecule has 0 fully saturated rings. The van der Waals surface area contributed by atoms with Gasteiger partial charge in [-0.1, -0.05) is 158 Å². The number of aromatic nitrogens is 3. The zero-order valence-corrected chi connectivity index (χ0v) is 27.2. The summed E-state index contributed by atoms with van der Waals surface area (Å²) in [6.45, 7) is 0. The van der Waals surface area contributed by atoms with E-state index in [0.717, 1.165) is 77.7 Å². The lowest BCUT2D eigenvalue weighted by Crippen LogP contribution is -1.96. The van der Waals surface area contributed by atoms with E-state index in [1.165, 1.54) is 5.56 Å². The van der Waals surface area contributed by atoms with E-state index in [4.69, 9.17) is 15.0 Å². The minimum absolute atomic E-state index is 0.681. The lowest BCUT2D eigenvalue weighted by molar-refractivity contribution is 1.18. The maximum atomic E-state index is 5.23. The smallest absolute Gasteiger partial charge is 0.160 e. The fourth-order valence-electron chi connectivity index (χ4n) is 6.77. The standard InChI is InChI=1S/C47H31N3/c1-5-14-32(15-6-1)37-22-13-23-38(28-37)45-31-44(36-20-11-4-12-21-36)49-47(50-45)39-25-24-34-26-27-42-46(40(34)29-39)41(33-16-7-2-8-17-33)30-43(48-42)35-18-9-3-10-19-35/h1-31H. The van der Waals surface area contributed by atoms with Gasteiger partial charge in [-0.25, -0.2) is 15.0 Å². The molecular weight excluding hydrogens is 607 g/mol. The van der Waals surface area contributed by atoms with Gasteiger partial charge in [0.15, 0.2) is 5.82 Å². The average molecular weight is 638 g/mol. The molecule has 0 aliphatic rings. The van der Waals surface area contributed by atoms with E-state index in [0.29, 0.717) is 5.82 Å². The third kappa shape index (κ3) is 5.61. The Bertz CT molecular complexity index is 2620. The van der Waals surface area contributed by atoms with Crippen LogP contribution in [0.2, 0.25) is 0 Å². The van der Waals surface area contributed by atoms with Gasteiger partial charge in [-0.3, -0.25) is 0 Å². The number of nitrogens with zero attached hydrogens (tertiary/aromatic N) is 3. The van der Waals surface area contributed by atoms with Crippen molar-refractivity contribution in [3.8, 4) is 67.4 Å². The van der Waals surface area contributed by atoms with Crippen molar-refractivity contribution in [1.29, 1.82) is 0 Å². The monoisotopic (exact) mass is 637 g/mol. The van der Waals surface area contributed by atoms with E-state index in [1.807, 2.05) is 18.2 Å². The van der Waals surface area contributed by atoms with Crippen LogP contribution in [0.5, 0.6) is 0 Å². The van der Waals surface area contributed by atoms with Crippen LogP contribution in [-0.2, 0) is 0 Å². The van der Waals surface area contributed by atoms with Crippen LogP contribution in [0.1, 0.15) is 0 Å². The van der Waals surface area contributed by atoms with Crippen LogP contribution in [0.25, 0.3) is 89.1 Å². The topological polar surface area (TPSA) is 38.7 Å². The van der Waals surface area contributed by atoms with Gasteiger partial charge in [0.1, 0.15) is 0 Å². The molecule has 0 saturated carbocycles. The van der Waals surface area contributed by atoms with Gasteiger partial charge in [0.05, 0.1) is 22.6 Å². The van der Waals surface area contributed by atoms with Crippen molar-refractivity contribution in [2.75, 3.05) is 0 Å². The molecule has 0 aliphatic carbocycles. The summed E-state index contributed by atoms with van der Waals surface area (Å²) in [4.78, 5) is 15.6. The van der Waals surface area contributed by atoms with Gasteiger partial charge in [0.25, 0.3) is 0 Å². The number of pyridine rings is 1. The summed E-state index contributed by atoms with van der Waals surface area (Å²) in [5.41, 5.74) is 12.4. The van der Waals surface area contributed by atoms with Crippen molar-refractivity contribution in [3.63, 3.8) is 0 Å². The number of rotatable bonds is 6. The SMILES string of the molecule is c1ccc(-c2cccc(-c3cc(-c4ccccc4)nc(-c4ccc5ccc6nc(-c7ccccc7)cc(-c7ccccc7)c6c5c4)n3)c2)cc1. The van der Waals surface area contributed by atoms with Crippen molar-refractivity contribution >= 4 is 21.7 Å². The van der Waals surface area contributed by atoms with Crippen molar-refractivity contribution in [2.45, 2.75) is 0 Å². The van der Waals surface area contributed by atoms with Crippen LogP contribution in [-0.4, -0.2) is 15.0 Å². The van der Waals surface area contributed by atoms with Crippen LogP contribution in [0.4, 0.5) is 0 Å². The molecule has 50 heavy (non-hydrogen) atoms. The predicted molar refractivity (Wildman–Crippen MR) is 207 cm³/mol. The third-order valence-corrected chi connectivity index (χ3v) is 9.26. The van der Waals surface area contributed by atoms with Gasteiger partial charge in [0, 0.05) is 27.6 Å². The Hall–Kier alpha value is -6.71. The summed E-state index contributed by atoms with van der Waals surface area (Å²) in [5.74, 6) is 0.681. The summed E-state index contributed by atoms with van der Waals surface area (Å²) >= 11 is 0. The molecule has 0 unspecified atom stereocenters. The van der Waals surface area contributed by atoms with Crippen LogP contribution >= 0.6 is 0 Å². The lowest BCUT2D eigenvalue weighted by atomic mass is 9.93. The summed E-state index contributed by atoms with van der Waals surface area (Å²) < 4.78 is 0. The molecule has 0 amide bonds. The molecule has 0 N–H and O–H groups in total. The number of fused-ring (bicyclic) bond motifs is 3. The minimum Gasteiger partial charge on any atom is -0.248 e. The summed E-state index contributed by atoms with van der Waals surface area (Å²) in [6.07, 6.45) is 0. The average Bonchev–Trinajstić information content (AvgIpc) is 3.21. The Morgan fingerprint density at radius 2 is 0.820 bits per heavy atom. The number of hydrogen-bond acceptors (Lipinski definition) is 3. The second-order valence-electron chi connectivity index (χ2n) is 12.5. The molecule has 9 aromatic rings. The van der Waals surface area contributed by atoms with Crippen LogP contribution < -0.4 is 0 Å².